The van der Waals surface area contributed by atoms with Crippen LogP contribution in [0.5, 0.6) is 0 Å². The van der Waals surface area contributed by atoms with Gasteiger partial charge in [0.2, 0.25) is 0 Å². The van der Waals surface area contributed by atoms with E-state index in [1.54, 1.807) is 6.07 Å². The summed E-state index contributed by atoms with van der Waals surface area (Å²) in [6.07, 6.45) is 0.727. The molecule has 0 bridgehead atoms. The highest BCUT2D eigenvalue weighted by Crippen LogP contribution is 2.09. The lowest BCUT2D eigenvalue weighted by Gasteiger charge is -2.23. The molecule has 0 radical (unpaired) electrons. The Morgan fingerprint density at radius 3 is 2.41 bits per heavy atom. The minimum atomic E-state index is -0.110. The Hall–Kier alpha value is -0.930. The van der Waals surface area contributed by atoms with E-state index in [4.69, 9.17) is 0 Å². The SMILES string of the molecule is CC(Cc1ccccc1F)NC(C)CN(C)C. The van der Waals surface area contributed by atoms with Crippen LogP contribution < -0.4 is 5.32 Å². The van der Waals surface area contributed by atoms with E-state index in [1.807, 2.05) is 12.1 Å². The molecule has 17 heavy (non-hydrogen) atoms. The number of hydrogen-bond acceptors (Lipinski definition) is 2. The second kappa shape index (κ2) is 6.72. The summed E-state index contributed by atoms with van der Waals surface area (Å²) in [5, 5.41) is 3.48. The van der Waals surface area contributed by atoms with Gasteiger partial charge in [0.25, 0.3) is 0 Å². The quantitative estimate of drug-likeness (QED) is 0.818. The summed E-state index contributed by atoms with van der Waals surface area (Å²) < 4.78 is 13.5. The van der Waals surface area contributed by atoms with Crippen molar-refractivity contribution in [3.05, 3.63) is 35.6 Å². The molecule has 0 heterocycles. The van der Waals surface area contributed by atoms with Crippen LogP contribution in [0.3, 0.4) is 0 Å². The maximum Gasteiger partial charge on any atom is 0.126 e. The molecular formula is C14H23FN2. The molecule has 0 amide bonds. The van der Waals surface area contributed by atoms with Crippen LogP contribution in [0, 0.1) is 5.82 Å². The van der Waals surface area contributed by atoms with E-state index in [2.05, 4.69) is 38.2 Å². The lowest BCUT2D eigenvalue weighted by atomic mass is 10.1. The Labute approximate surface area is 104 Å². The van der Waals surface area contributed by atoms with Gasteiger partial charge < -0.3 is 10.2 Å². The highest BCUT2D eigenvalue weighted by atomic mass is 19.1. The molecule has 1 aromatic rings. The maximum absolute atomic E-state index is 13.5. The monoisotopic (exact) mass is 238 g/mol. The van der Waals surface area contributed by atoms with Crippen molar-refractivity contribution in [2.24, 2.45) is 0 Å². The smallest absolute Gasteiger partial charge is 0.126 e. The van der Waals surface area contributed by atoms with Crippen LogP contribution >= 0.6 is 0 Å². The summed E-state index contributed by atoms with van der Waals surface area (Å²) in [7, 11) is 4.11. The van der Waals surface area contributed by atoms with Crippen LogP contribution in [0.15, 0.2) is 24.3 Å². The molecule has 0 fully saturated rings. The number of benzene rings is 1. The Morgan fingerprint density at radius 2 is 1.82 bits per heavy atom. The van der Waals surface area contributed by atoms with Crippen LogP contribution in [0.4, 0.5) is 4.39 Å². The van der Waals surface area contributed by atoms with Gasteiger partial charge in [0.15, 0.2) is 0 Å². The molecule has 0 saturated carbocycles. The van der Waals surface area contributed by atoms with Crippen LogP contribution in [-0.4, -0.2) is 37.6 Å². The predicted octanol–water partition coefficient (Wildman–Crippen LogP) is 2.30. The van der Waals surface area contributed by atoms with Crippen molar-refractivity contribution in [1.82, 2.24) is 10.2 Å². The largest absolute Gasteiger partial charge is 0.310 e. The fraction of sp³-hybridized carbons (Fsp3) is 0.571. The van der Waals surface area contributed by atoms with Crippen LogP contribution in [0.1, 0.15) is 19.4 Å². The van der Waals surface area contributed by atoms with Gasteiger partial charge in [-0.1, -0.05) is 18.2 Å². The average Bonchev–Trinajstić information content (AvgIpc) is 2.19. The zero-order chi connectivity index (χ0) is 12.8. The molecule has 1 aromatic carbocycles. The average molecular weight is 238 g/mol. The first-order valence-corrected chi connectivity index (χ1v) is 6.13. The minimum absolute atomic E-state index is 0.110. The van der Waals surface area contributed by atoms with Crippen molar-refractivity contribution >= 4 is 0 Å². The van der Waals surface area contributed by atoms with E-state index in [9.17, 15) is 4.39 Å². The number of rotatable bonds is 6. The first-order valence-electron chi connectivity index (χ1n) is 6.13. The number of hydrogen-bond donors (Lipinski definition) is 1. The normalized spacial score (nSPS) is 14.9. The van der Waals surface area contributed by atoms with Crippen LogP contribution in [0.25, 0.3) is 0 Å². The van der Waals surface area contributed by atoms with Gasteiger partial charge in [-0.2, -0.15) is 0 Å². The zero-order valence-electron chi connectivity index (χ0n) is 11.2. The van der Waals surface area contributed by atoms with Crippen molar-refractivity contribution in [3.63, 3.8) is 0 Å². The highest BCUT2D eigenvalue weighted by Gasteiger charge is 2.10. The minimum Gasteiger partial charge on any atom is -0.310 e. The Bertz CT molecular complexity index is 339. The summed E-state index contributed by atoms with van der Waals surface area (Å²) >= 11 is 0. The van der Waals surface area contributed by atoms with Gasteiger partial charge in [0.1, 0.15) is 5.82 Å². The first-order chi connectivity index (χ1) is 7.99. The molecule has 96 valence electrons. The van der Waals surface area contributed by atoms with Gasteiger partial charge >= 0.3 is 0 Å². The van der Waals surface area contributed by atoms with E-state index >= 15 is 0 Å². The zero-order valence-corrected chi connectivity index (χ0v) is 11.2. The summed E-state index contributed by atoms with van der Waals surface area (Å²) in [6.45, 7) is 5.23. The summed E-state index contributed by atoms with van der Waals surface area (Å²) in [5.74, 6) is -0.110. The summed E-state index contributed by atoms with van der Waals surface area (Å²) in [6, 6.07) is 7.67. The summed E-state index contributed by atoms with van der Waals surface area (Å²) in [5.41, 5.74) is 0.782. The molecule has 0 aliphatic heterocycles. The lowest BCUT2D eigenvalue weighted by Crippen LogP contribution is -2.41. The van der Waals surface area contributed by atoms with Crippen LogP contribution in [-0.2, 0) is 6.42 Å². The summed E-state index contributed by atoms with van der Waals surface area (Å²) in [4.78, 5) is 2.15. The fourth-order valence-corrected chi connectivity index (χ4v) is 2.14. The van der Waals surface area contributed by atoms with E-state index in [0.717, 1.165) is 18.5 Å². The molecule has 2 unspecified atom stereocenters. The predicted molar refractivity (Wildman–Crippen MR) is 70.7 cm³/mol. The van der Waals surface area contributed by atoms with Gasteiger partial charge in [-0.05, 0) is 46.0 Å². The van der Waals surface area contributed by atoms with Gasteiger partial charge in [0, 0.05) is 18.6 Å². The Kier molecular flexibility index (Phi) is 5.59. The third-order valence-electron chi connectivity index (χ3n) is 2.69. The molecule has 2 nitrogen and oxygen atoms in total. The lowest BCUT2D eigenvalue weighted by molar-refractivity contribution is 0.331. The molecule has 0 aromatic heterocycles. The third-order valence-corrected chi connectivity index (χ3v) is 2.69. The third kappa shape index (κ3) is 5.29. The Morgan fingerprint density at radius 1 is 1.18 bits per heavy atom. The van der Waals surface area contributed by atoms with Gasteiger partial charge in [-0.3, -0.25) is 0 Å². The second-order valence-electron chi connectivity index (χ2n) is 5.03. The molecule has 0 saturated heterocycles. The van der Waals surface area contributed by atoms with Crippen molar-refractivity contribution in [3.8, 4) is 0 Å². The van der Waals surface area contributed by atoms with Crippen molar-refractivity contribution < 1.29 is 4.39 Å². The topological polar surface area (TPSA) is 15.3 Å². The Balaban J connectivity index is 2.44. The molecule has 3 heteroatoms. The number of nitrogens with zero attached hydrogens (tertiary/aromatic N) is 1. The molecule has 1 N–H and O–H groups in total. The number of likely N-dealkylation sites (N-methyl/N-ethyl adjacent to an activating group) is 1. The fourth-order valence-electron chi connectivity index (χ4n) is 2.14. The molecule has 0 aliphatic carbocycles. The molecule has 0 spiro atoms. The molecule has 1 rings (SSSR count). The number of nitrogens with one attached hydrogen (secondary N) is 1. The van der Waals surface area contributed by atoms with E-state index in [0.29, 0.717) is 6.04 Å². The van der Waals surface area contributed by atoms with Crippen molar-refractivity contribution in [2.45, 2.75) is 32.4 Å². The van der Waals surface area contributed by atoms with Crippen molar-refractivity contribution in [2.75, 3.05) is 20.6 Å². The molecule has 2 atom stereocenters. The maximum atomic E-state index is 13.5. The second-order valence-corrected chi connectivity index (χ2v) is 5.03. The van der Waals surface area contributed by atoms with Gasteiger partial charge in [-0.15, -0.1) is 0 Å². The highest BCUT2D eigenvalue weighted by molar-refractivity contribution is 5.18. The molecular weight excluding hydrogens is 215 g/mol. The van der Waals surface area contributed by atoms with Gasteiger partial charge in [0.05, 0.1) is 0 Å². The van der Waals surface area contributed by atoms with E-state index < -0.39 is 0 Å². The van der Waals surface area contributed by atoms with E-state index in [-0.39, 0.29) is 11.9 Å². The first kappa shape index (κ1) is 14.1. The van der Waals surface area contributed by atoms with Gasteiger partial charge in [-0.25, -0.2) is 4.39 Å². The van der Waals surface area contributed by atoms with Crippen LogP contribution in [0.2, 0.25) is 0 Å². The van der Waals surface area contributed by atoms with Crippen molar-refractivity contribution in [1.29, 1.82) is 0 Å². The van der Waals surface area contributed by atoms with E-state index in [1.165, 1.54) is 6.07 Å². The standard InChI is InChI=1S/C14H23FN2/c1-11(16-12(2)10-17(3)4)9-13-7-5-6-8-14(13)15/h5-8,11-12,16H,9-10H2,1-4H3. The number of halogens is 1. The molecule has 0 aliphatic rings.